The van der Waals surface area contributed by atoms with Crippen molar-refractivity contribution in [3.63, 3.8) is 0 Å². The van der Waals surface area contributed by atoms with Gasteiger partial charge in [0.05, 0.1) is 0 Å². The van der Waals surface area contributed by atoms with Crippen LogP contribution in [-0.4, -0.2) is 48.3 Å². The Morgan fingerprint density at radius 3 is 1.83 bits per heavy atom. The summed E-state index contributed by atoms with van der Waals surface area (Å²) in [6, 6.07) is 9.69. The molecule has 30 heavy (non-hydrogen) atoms. The van der Waals surface area contributed by atoms with E-state index in [1.54, 1.807) is 5.56 Å². The molecule has 1 saturated heterocycles. The first kappa shape index (κ1) is 25.9. The summed E-state index contributed by atoms with van der Waals surface area (Å²) in [5, 5.41) is 0. The molecule has 1 aromatic carbocycles. The van der Waals surface area contributed by atoms with Crippen LogP contribution in [0.4, 0.5) is 5.69 Å². The smallest absolute Gasteiger partial charge is 0.102 e. The van der Waals surface area contributed by atoms with Gasteiger partial charge in [0.15, 0.2) is 0 Å². The lowest BCUT2D eigenvalue weighted by Crippen LogP contribution is -2.37. The predicted octanol–water partition coefficient (Wildman–Crippen LogP) is 7.84. The van der Waals surface area contributed by atoms with E-state index in [0.717, 1.165) is 5.92 Å². The van der Waals surface area contributed by atoms with Gasteiger partial charge in [-0.3, -0.25) is 4.90 Å². The van der Waals surface area contributed by atoms with Crippen molar-refractivity contribution in [2.45, 2.75) is 88.7 Å². The van der Waals surface area contributed by atoms with Gasteiger partial charge in [-0.25, -0.2) is 0 Å². The lowest BCUT2D eigenvalue weighted by molar-refractivity contribution is 0.233. The highest BCUT2D eigenvalue weighted by molar-refractivity contribution is 8.16. The minimum atomic E-state index is 0.627. The fraction of sp³-hybridized carbons (Fsp3) is 0.769. The molecule has 0 spiro atoms. The fourth-order valence-corrected chi connectivity index (χ4v) is 6.41. The zero-order chi connectivity index (χ0) is 21.6. The normalized spacial score (nSPS) is 15.8. The fourth-order valence-electron chi connectivity index (χ4n) is 4.62. The monoisotopic (exact) mass is 450 g/mol. The SMILES string of the molecule is CCCCCCN(CCCCCC)c1ccc(C2CCN(C(SC)SC)CC2)cc1. The Balaban J connectivity index is 1.91. The number of benzene rings is 1. The lowest BCUT2D eigenvalue weighted by Gasteiger charge is -2.36. The van der Waals surface area contributed by atoms with Crippen LogP contribution in [0.15, 0.2) is 24.3 Å². The quantitative estimate of drug-likeness (QED) is 0.198. The van der Waals surface area contributed by atoms with Crippen molar-refractivity contribution in [2.75, 3.05) is 43.6 Å². The molecule has 0 saturated carbocycles. The minimum absolute atomic E-state index is 0.627. The molecule has 1 aromatic rings. The Bertz CT molecular complexity index is 524. The number of hydrogen-bond donors (Lipinski definition) is 0. The van der Waals surface area contributed by atoms with Gasteiger partial charge in [-0.05, 0) is 61.8 Å². The van der Waals surface area contributed by atoms with E-state index >= 15 is 0 Å². The molecule has 1 heterocycles. The second-order valence-corrected chi connectivity index (χ2v) is 10.9. The Hall–Kier alpha value is -0.320. The summed E-state index contributed by atoms with van der Waals surface area (Å²) >= 11 is 3.96. The third kappa shape index (κ3) is 8.67. The third-order valence-corrected chi connectivity index (χ3v) is 9.08. The van der Waals surface area contributed by atoms with Crippen LogP contribution in [0.1, 0.15) is 89.5 Å². The Morgan fingerprint density at radius 1 is 0.833 bits per heavy atom. The van der Waals surface area contributed by atoms with Crippen molar-refractivity contribution in [1.29, 1.82) is 0 Å². The number of hydrogen-bond acceptors (Lipinski definition) is 4. The number of thioether (sulfide) groups is 2. The Morgan fingerprint density at radius 2 is 1.37 bits per heavy atom. The molecule has 2 nitrogen and oxygen atoms in total. The van der Waals surface area contributed by atoms with Gasteiger partial charge in [-0.2, -0.15) is 0 Å². The maximum Gasteiger partial charge on any atom is 0.102 e. The maximum absolute atomic E-state index is 2.66. The van der Waals surface area contributed by atoms with E-state index in [0.29, 0.717) is 4.71 Å². The average Bonchev–Trinajstić information content (AvgIpc) is 2.79. The number of rotatable bonds is 15. The second-order valence-electron chi connectivity index (χ2n) is 8.79. The van der Waals surface area contributed by atoms with Gasteiger partial charge in [0.1, 0.15) is 4.71 Å². The number of likely N-dealkylation sites (tertiary alicyclic amines) is 1. The van der Waals surface area contributed by atoms with Crippen molar-refractivity contribution >= 4 is 29.2 Å². The van der Waals surface area contributed by atoms with E-state index in [4.69, 9.17) is 0 Å². The first-order valence-corrected chi connectivity index (χ1v) is 15.0. The van der Waals surface area contributed by atoms with Gasteiger partial charge in [0.25, 0.3) is 0 Å². The van der Waals surface area contributed by atoms with Gasteiger partial charge in [-0.1, -0.05) is 64.5 Å². The first-order valence-electron chi connectivity index (χ1n) is 12.4. The third-order valence-electron chi connectivity index (χ3n) is 6.52. The molecule has 0 unspecified atom stereocenters. The zero-order valence-electron chi connectivity index (χ0n) is 20.1. The largest absolute Gasteiger partial charge is 0.372 e. The van der Waals surface area contributed by atoms with Gasteiger partial charge >= 0.3 is 0 Å². The van der Waals surface area contributed by atoms with E-state index in [1.807, 2.05) is 23.5 Å². The summed E-state index contributed by atoms with van der Waals surface area (Å²) in [6.45, 7) is 9.50. The number of anilines is 1. The second kappa shape index (κ2) is 15.5. The molecule has 2 rings (SSSR count). The highest BCUT2D eigenvalue weighted by Crippen LogP contribution is 2.33. The van der Waals surface area contributed by atoms with Crippen LogP contribution >= 0.6 is 23.5 Å². The summed E-state index contributed by atoms with van der Waals surface area (Å²) in [4.78, 5) is 5.31. The van der Waals surface area contributed by atoms with Crippen LogP contribution < -0.4 is 4.90 Å². The maximum atomic E-state index is 2.66. The summed E-state index contributed by atoms with van der Waals surface area (Å²) in [5.74, 6) is 0.738. The van der Waals surface area contributed by atoms with E-state index in [9.17, 15) is 0 Å². The van der Waals surface area contributed by atoms with Gasteiger partial charge < -0.3 is 4.90 Å². The Labute approximate surface area is 195 Å². The van der Waals surface area contributed by atoms with Crippen LogP contribution in [-0.2, 0) is 0 Å². The molecule has 0 N–H and O–H groups in total. The van der Waals surface area contributed by atoms with Gasteiger partial charge in [-0.15, -0.1) is 23.5 Å². The standard InChI is InChI=1S/C26H46N2S2/c1-5-7-9-11-19-27(20-12-10-8-6-2)25-15-13-23(14-16-25)24-17-21-28(22-18-24)26(29-3)30-4/h13-16,24,26H,5-12,17-22H2,1-4H3. The number of unbranched alkanes of at least 4 members (excludes halogenated alkanes) is 6. The molecule has 1 fully saturated rings. The van der Waals surface area contributed by atoms with Gasteiger partial charge in [0.2, 0.25) is 0 Å². The zero-order valence-corrected chi connectivity index (χ0v) is 21.7. The molecule has 1 aliphatic heterocycles. The van der Waals surface area contributed by atoms with E-state index in [1.165, 1.54) is 96.1 Å². The van der Waals surface area contributed by atoms with E-state index in [2.05, 4.69) is 60.4 Å². The van der Waals surface area contributed by atoms with Crippen molar-refractivity contribution in [2.24, 2.45) is 0 Å². The van der Waals surface area contributed by atoms with Crippen LogP contribution in [0.5, 0.6) is 0 Å². The topological polar surface area (TPSA) is 6.48 Å². The summed E-state index contributed by atoms with van der Waals surface area (Å²) in [6.07, 6.45) is 17.8. The highest BCUT2D eigenvalue weighted by Gasteiger charge is 2.25. The highest BCUT2D eigenvalue weighted by atomic mass is 32.2. The Kier molecular flexibility index (Phi) is 13.4. The van der Waals surface area contributed by atoms with Crippen molar-refractivity contribution in [1.82, 2.24) is 4.90 Å². The first-order chi connectivity index (χ1) is 14.7. The molecule has 172 valence electrons. The summed E-state index contributed by atoms with van der Waals surface area (Å²) in [5.41, 5.74) is 2.99. The van der Waals surface area contributed by atoms with Crippen LogP contribution in [0.25, 0.3) is 0 Å². The minimum Gasteiger partial charge on any atom is -0.372 e. The van der Waals surface area contributed by atoms with Gasteiger partial charge in [0, 0.05) is 31.9 Å². The average molecular weight is 451 g/mol. The summed E-state index contributed by atoms with van der Waals surface area (Å²) < 4.78 is 0.627. The molecule has 1 aliphatic rings. The van der Waals surface area contributed by atoms with Crippen molar-refractivity contribution in [3.05, 3.63) is 29.8 Å². The number of piperidine rings is 1. The molecule has 0 atom stereocenters. The molecular formula is C26H46N2S2. The molecule has 0 amide bonds. The molecular weight excluding hydrogens is 404 g/mol. The molecule has 0 aliphatic carbocycles. The van der Waals surface area contributed by atoms with E-state index < -0.39 is 0 Å². The van der Waals surface area contributed by atoms with E-state index in [-0.39, 0.29) is 0 Å². The van der Waals surface area contributed by atoms with Crippen LogP contribution in [0, 0.1) is 0 Å². The molecule has 4 heteroatoms. The van der Waals surface area contributed by atoms with Crippen molar-refractivity contribution in [3.8, 4) is 0 Å². The molecule has 0 bridgehead atoms. The summed E-state index contributed by atoms with van der Waals surface area (Å²) in [7, 11) is 0. The lowest BCUT2D eigenvalue weighted by atomic mass is 9.89. The van der Waals surface area contributed by atoms with Crippen molar-refractivity contribution < 1.29 is 0 Å². The molecule has 0 aromatic heterocycles. The molecule has 0 radical (unpaired) electrons. The van der Waals surface area contributed by atoms with Crippen LogP contribution in [0.3, 0.4) is 0 Å². The van der Waals surface area contributed by atoms with Crippen LogP contribution in [0.2, 0.25) is 0 Å². The predicted molar refractivity (Wildman–Crippen MR) is 141 cm³/mol. The number of nitrogens with zero attached hydrogens (tertiary/aromatic N) is 2.